The Morgan fingerprint density at radius 2 is 2.00 bits per heavy atom. The molecule has 0 fully saturated rings. The van der Waals surface area contributed by atoms with Crippen LogP contribution in [0.2, 0.25) is 0 Å². The molecule has 19 heavy (non-hydrogen) atoms. The molecule has 1 rings (SSSR count). The van der Waals surface area contributed by atoms with Crippen molar-refractivity contribution in [3.63, 3.8) is 0 Å². The van der Waals surface area contributed by atoms with Crippen LogP contribution in [0.1, 0.15) is 30.1 Å². The quantitative estimate of drug-likeness (QED) is 0.622. The smallest absolute Gasteiger partial charge is 0.253 e. The van der Waals surface area contributed by atoms with Crippen LogP contribution in [0, 0.1) is 0 Å². The fraction of sp³-hybridized carbons (Fsp3) is 0.500. The number of hydrogen-bond acceptors (Lipinski definition) is 3. The van der Waals surface area contributed by atoms with E-state index in [2.05, 4.69) is 17.6 Å². The van der Waals surface area contributed by atoms with E-state index >= 15 is 0 Å². The monoisotopic (exact) mass is 282 g/mol. The highest BCUT2D eigenvalue weighted by atomic mass is 31.2. The summed E-state index contributed by atoms with van der Waals surface area (Å²) in [4.78, 5) is 11.9. The Morgan fingerprint density at radius 3 is 2.53 bits per heavy atom. The Labute approximate surface area is 115 Å². The minimum absolute atomic E-state index is 0.158. The molecule has 0 unspecified atom stereocenters. The molecule has 1 amide bonds. The van der Waals surface area contributed by atoms with Gasteiger partial charge in [-0.25, -0.2) is 0 Å². The molecular formula is C14H23N2O2P. The zero-order valence-electron chi connectivity index (χ0n) is 12.1. The third kappa shape index (κ3) is 4.39. The van der Waals surface area contributed by atoms with Crippen molar-refractivity contribution in [1.82, 2.24) is 5.32 Å². The molecule has 5 heteroatoms. The van der Waals surface area contributed by atoms with E-state index in [1.165, 1.54) is 0 Å². The topological polar surface area (TPSA) is 58.2 Å². The molecule has 1 aromatic rings. The number of amides is 1. The molecule has 0 aliphatic carbocycles. The summed E-state index contributed by atoms with van der Waals surface area (Å²) in [5.74, 6) is -0.158. The first-order valence-corrected chi connectivity index (χ1v) is 9.15. The molecule has 2 N–H and O–H groups in total. The van der Waals surface area contributed by atoms with Gasteiger partial charge in [0.25, 0.3) is 5.91 Å². The van der Waals surface area contributed by atoms with Crippen molar-refractivity contribution in [2.75, 3.05) is 32.2 Å². The Hall–Kier alpha value is -1.28. The van der Waals surface area contributed by atoms with Gasteiger partial charge in [0.05, 0.1) is 5.56 Å². The SMILES string of the molecule is CCCCNc1ccc(P(C)(C)=O)cc1C(=O)NC. The van der Waals surface area contributed by atoms with Crippen molar-refractivity contribution in [3.8, 4) is 0 Å². The summed E-state index contributed by atoms with van der Waals surface area (Å²) < 4.78 is 12.1. The minimum atomic E-state index is -2.35. The second-order valence-electron chi connectivity index (χ2n) is 4.94. The molecule has 0 aliphatic heterocycles. The Morgan fingerprint density at radius 1 is 1.32 bits per heavy atom. The second kappa shape index (κ2) is 6.76. The average molecular weight is 282 g/mol. The van der Waals surface area contributed by atoms with E-state index in [1.807, 2.05) is 12.1 Å². The van der Waals surface area contributed by atoms with E-state index in [9.17, 15) is 9.36 Å². The number of nitrogens with one attached hydrogen (secondary N) is 2. The Kier molecular flexibility index (Phi) is 5.61. The standard InChI is InChI=1S/C14H23N2O2P/c1-5-6-9-16-13-8-7-11(19(3,4)18)10-12(13)14(17)15-2/h7-8,10,16H,5-6,9H2,1-4H3,(H,15,17). The lowest BCUT2D eigenvalue weighted by molar-refractivity contribution is 0.0964. The molecule has 0 heterocycles. The minimum Gasteiger partial charge on any atom is -0.384 e. The van der Waals surface area contributed by atoms with Gasteiger partial charge in [-0.05, 0) is 37.9 Å². The first-order chi connectivity index (χ1) is 8.90. The lowest BCUT2D eigenvalue weighted by atomic mass is 10.1. The van der Waals surface area contributed by atoms with Crippen LogP contribution in [0.15, 0.2) is 18.2 Å². The van der Waals surface area contributed by atoms with Crippen molar-refractivity contribution < 1.29 is 9.36 Å². The zero-order valence-corrected chi connectivity index (χ0v) is 13.0. The van der Waals surface area contributed by atoms with Crippen LogP contribution in [-0.2, 0) is 4.57 Å². The first-order valence-electron chi connectivity index (χ1n) is 6.55. The number of hydrogen-bond donors (Lipinski definition) is 2. The lowest BCUT2D eigenvalue weighted by Gasteiger charge is -2.14. The lowest BCUT2D eigenvalue weighted by Crippen LogP contribution is -2.22. The van der Waals surface area contributed by atoms with Gasteiger partial charge in [-0.15, -0.1) is 0 Å². The van der Waals surface area contributed by atoms with Crippen molar-refractivity contribution in [1.29, 1.82) is 0 Å². The van der Waals surface area contributed by atoms with Gasteiger partial charge in [0.15, 0.2) is 0 Å². The van der Waals surface area contributed by atoms with Crippen LogP contribution < -0.4 is 15.9 Å². The van der Waals surface area contributed by atoms with Crippen LogP contribution in [-0.4, -0.2) is 32.8 Å². The Bertz CT molecular complexity index is 494. The highest BCUT2D eigenvalue weighted by Gasteiger charge is 2.16. The molecular weight excluding hydrogens is 259 g/mol. The molecule has 0 bridgehead atoms. The highest BCUT2D eigenvalue weighted by Crippen LogP contribution is 2.35. The molecule has 0 aromatic heterocycles. The third-order valence-corrected chi connectivity index (χ3v) is 4.46. The predicted octanol–water partition coefficient (Wildman–Crippen LogP) is 2.51. The number of rotatable bonds is 6. The largest absolute Gasteiger partial charge is 0.384 e. The third-order valence-electron chi connectivity index (χ3n) is 2.94. The van der Waals surface area contributed by atoms with Crippen LogP contribution in [0.4, 0.5) is 5.69 Å². The number of unbranched alkanes of at least 4 members (excludes halogenated alkanes) is 1. The van der Waals surface area contributed by atoms with Crippen molar-refractivity contribution in [2.45, 2.75) is 19.8 Å². The molecule has 106 valence electrons. The Balaban J connectivity index is 3.10. The van der Waals surface area contributed by atoms with Gasteiger partial charge < -0.3 is 15.2 Å². The molecule has 0 spiro atoms. The van der Waals surface area contributed by atoms with Crippen molar-refractivity contribution in [3.05, 3.63) is 23.8 Å². The van der Waals surface area contributed by atoms with Crippen molar-refractivity contribution in [2.24, 2.45) is 0 Å². The van der Waals surface area contributed by atoms with Crippen LogP contribution in [0.3, 0.4) is 0 Å². The molecule has 1 aromatic carbocycles. The van der Waals surface area contributed by atoms with Gasteiger partial charge in [-0.2, -0.15) is 0 Å². The van der Waals surface area contributed by atoms with E-state index < -0.39 is 7.14 Å². The maximum absolute atomic E-state index is 12.1. The van der Waals surface area contributed by atoms with Crippen molar-refractivity contribution >= 4 is 24.0 Å². The van der Waals surface area contributed by atoms with Gasteiger partial charge in [0, 0.05) is 24.6 Å². The fourth-order valence-corrected chi connectivity index (χ4v) is 2.62. The fourth-order valence-electron chi connectivity index (χ4n) is 1.74. The van der Waals surface area contributed by atoms with Crippen LogP contribution in [0.25, 0.3) is 0 Å². The molecule has 0 aliphatic rings. The van der Waals surface area contributed by atoms with E-state index in [-0.39, 0.29) is 5.91 Å². The van der Waals surface area contributed by atoms with Gasteiger partial charge in [0.2, 0.25) is 0 Å². The summed E-state index contributed by atoms with van der Waals surface area (Å²) >= 11 is 0. The normalized spacial score (nSPS) is 11.2. The summed E-state index contributed by atoms with van der Waals surface area (Å²) in [6.45, 7) is 6.37. The zero-order chi connectivity index (χ0) is 14.5. The summed E-state index contributed by atoms with van der Waals surface area (Å²) in [5.41, 5.74) is 1.35. The molecule has 0 saturated carbocycles. The number of benzene rings is 1. The maximum atomic E-state index is 12.1. The van der Waals surface area contributed by atoms with E-state index in [0.29, 0.717) is 5.56 Å². The van der Waals surface area contributed by atoms with Crippen LogP contribution in [0.5, 0.6) is 0 Å². The van der Waals surface area contributed by atoms with E-state index in [0.717, 1.165) is 30.4 Å². The molecule has 0 saturated heterocycles. The summed E-state index contributed by atoms with van der Waals surface area (Å²) in [6, 6.07) is 5.41. The second-order valence-corrected chi connectivity index (χ2v) is 8.16. The van der Waals surface area contributed by atoms with Crippen LogP contribution >= 0.6 is 7.14 Å². The summed E-state index contributed by atoms with van der Waals surface area (Å²) in [5, 5.41) is 6.61. The van der Waals surface area contributed by atoms with E-state index in [1.54, 1.807) is 26.4 Å². The first kappa shape index (κ1) is 15.8. The number of anilines is 1. The highest BCUT2D eigenvalue weighted by molar-refractivity contribution is 7.70. The van der Waals surface area contributed by atoms with Gasteiger partial charge in [-0.1, -0.05) is 13.3 Å². The summed E-state index contributed by atoms with van der Waals surface area (Å²) in [6.07, 6.45) is 2.15. The maximum Gasteiger partial charge on any atom is 0.253 e. The molecule has 0 atom stereocenters. The van der Waals surface area contributed by atoms with Gasteiger partial charge in [-0.3, -0.25) is 4.79 Å². The predicted molar refractivity (Wildman–Crippen MR) is 82.3 cm³/mol. The summed E-state index contributed by atoms with van der Waals surface area (Å²) in [7, 11) is -0.755. The molecule has 0 radical (unpaired) electrons. The number of carbonyl (C=O) groups is 1. The molecule has 4 nitrogen and oxygen atoms in total. The number of carbonyl (C=O) groups excluding carboxylic acids is 1. The van der Waals surface area contributed by atoms with Gasteiger partial charge in [0.1, 0.15) is 7.14 Å². The van der Waals surface area contributed by atoms with Gasteiger partial charge >= 0.3 is 0 Å². The van der Waals surface area contributed by atoms with E-state index in [4.69, 9.17) is 0 Å². The average Bonchev–Trinajstić information content (AvgIpc) is 2.37.